The van der Waals surface area contributed by atoms with E-state index in [9.17, 15) is 9.90 Å². The van der Waals surface area contributed by atoms with Crippen molar-refractivity contribution in [3.8, 4) is 22.0 Å². The van der Waals surface area contributed by atoms with Crippen molar-refractivity contribution in [1.82, 2.24) is 9.55 Å². The molecule has 4 aromatic rings. The average Bonchev–Trinajstić information content (AvgIpc) is 3.43. The van der Waals surface area contributed by atoms with Crippen molar-refractivity contribution < 1.29 is 14.3 Å². The first-order valence-corrected chi connectivity index (χ1v) is 10.6. The molecule has 1 N–H and O–H groups in total. The number of thiazole rings is 1. The third kappa shape index (κ3) is 3.83. The van der Waals surface area contributed by atoms with Gasteiger partial charge in [0.1, 0.15) is 10.8 Å². The summed E-state index contributed by atoms with van der Waals surface area (Å²) in [4.78, 5) is 16.5. The average molecular weight is 421 g/mol. The Morgan fingerprint density at radius 1 is 1.20 bits per heavy atom. The van der Waals surface area contributed by atoms with Gasteiger partial charge in [0.15, 0.2) is 0 Å². The predicted octanol–water partition coefficient (Wildman–Crippen LogP) is 6.22. The molecule has 0 unspecified atom stereocenters. The van der Waals surface area contributed by atoms with E-state index in [-0.39, 0.29) is 11.0 Å². The summed E-state index contributed by atoms with van der Waals surface area (Å²) in [6.07, 6.45) is 1.62. The molecule has 0 aliphatic heterocycles. The Morgan fingerprint density at radius 3 is 2.53 bits per heavy atom. The van der Waals surface area contributed by atoms with Gasteiger partial charge in [0.05, 0.1) is 29.8 Å². The van der Waals surface area contributed by atoms with E-state index in [1.54, 1.807) is 23.7 Å². The summed E-state index contributed by atoms with van der Waals surface area (Å²) in [6, 6.07) is 13.9. The molecule has 5 nitrogen and oxygen atoms in total. The number of aromatic carboxylic acids is 1. The number of carbonyl (C=O) groups is 1. The van der Waals surface area contributed by atoms with Gasteiger partial charge in [-0.05, 0) is 36.1 Å². The number of hydrogen-bond donors (Lipinski definition) is 1. The highest BCUT2D eigenvalue weighted by Gasteiger charge is 2.21. The van der Waals surface area contributed by atoms with Crippen LogP contribution in [-0.2, 0) is 12.0 Å². The highest BCUT2D eigenvalue weighted by molar-refractivity contribution is 7.13. The second-order valence-electron chi connectivity index (χ2n) is 8.36. The molecule has 6 heteroatoms. The molecule has 3 aromatic heterocycles. The molecule has 1 aromatic carbocycles. The van der Waals surface area contributed by atoms with Gasteiger partial charge >= 0.3 is 5.97 Å². The number of aromatic nitrogens is 2. The van der Waals surface area contributed by atoms with Gasteiger partial charge in [0.25, 0.3) is 0 Å². The molecule has 0 atom stereocenters. The minimum atomic E-state index is -0.944. The Balaban J connectivity index is 1.72. The predicted molar refractivity (Wildman–Crippen MR) is 119 cm³/mol. The molecule has 0 amide bonds. The van der Waals surface area contributed by atoms with Crippen molar-refractivity contribution in [2.24, 2.45) is 0 Å². The summed E-state index contributed by atoms with van der Waals surface area (Å²) in [7, 11) is 0. The van der Waals surface area contributed by atoms with Crippen LogP contribution in [0.2, 0.25) is 0 Å². The van der Waals surface area contributed by atoms with Gasteiger partial charge in [-0.1, -0.05) is 45.0 Å². The van der Waals surface area contributed by atoms with Crippen molar-refractivity contribution in [2.75, 3.05) is 0 Å². The van der Waals surface area contributed by atoms with Crippen LogP contribution in [0.3, 0.4) is 0 Å². The van der Waals surface area contributed by atoms with E-state index in [4.69, 9.17) is 9.40 Å². The zero-order valence-electron chi connectivity index (χ0n) is 17.5. The van der Waals surface area contributed by atoms with Crippen molar-refractivity contribution in [3.05, 3.63) is 76.7 Å². The van der Waals surface area contributed by atoms with Gasteiger partial charge in [-0.15, -0.1) is 11.3 Å². The maximum Gasteiger partial charge on any atom is 0.337 e. The summed E-state index contributed by atoms with van der Waals surface area (Å²) in [5.41, 5.74) is 4.92. The molecule has 0 saturated heterocycles. The molecule has 0 radical (unpaired) electrons. The SMILES string of the molecule is Cc1c(C(=O)O)cc(-c2csc(-c3ccc(C(C)(C)C)cc3)n2)n1Cc1ccco1. The summed E-state index contributed by atoms with van der Waals surface area (Å²) in [6.45, 7) is 8.85. The van der Waals surface area contributed by atoms with Gasteiger partial charge in [-0.2, -0.15) is 0 Å². The third-order valence-corrected chi connectivity index (χ3v) is 6.15. The normalized spacial score (nSPS) is 11.7. The molecule has 0 aliphatic rings. The number of carboxylic acid groups (broad SMARTS) is 1. The number of benzene rings is 1. The van der Waals surface area contributed by atoms with Gasteiger partial charge < -0.3 is 14.1 Å². The quantitative estimate of drug-likeness (QED) is 0.416. The van der Waals surface area contributed by atoms with E-state index in [0.29, 0.717) is 12.2 Å². The second-order valence-corrected chi connectivity index (χ2v) is 9.22. The minimum absolute atomic E-state index is 0.101. The molecule has 4 rings (SSSR count). The van der Waals surface area contributed by atoms with Gasteiger partial charge in [-0.25, -0.2) is 9.78 Å². The molecule has 154 valence electrons. The molecule has 30 heavy (non-hydrogen) atoms. The van der Waals surface area contributed by atoms with Crippen LogP contribution in [0.25, 0.3) is 22.0 Å². The van der Waals surface area contributed by atoms with E-state index >= 15 is 0 Å². The maximum atomic E-state index is 11.7. The number of carboxylic acids is 1. The first-order chi connectivity index (χ1) is 14.2. The number of furan rings is 1. The Hall–Kier alpha value is -3.12. The molecular weight excluding hydrogens is 396 g/mol. The monoisotopic (exact) mass is 420 g/mol. The van der Waals surface area contributed by atoms with Crippen molar-refractivity contribution in [1.29, 1.82) is 0 Å². The van der Waals surface area contributed by atoms with Gasteiger partial charge in [-0.3, -0.25) is 0 Å². The zero-order valence-corrected chi connectivity index (χ0v) is 18.3. The van der Waals surface area contributed by atoms with Crippen molar-refractivity contribution in [2.45, 2.75) is 39.7 Å². The first kappa shape index (κ1) is 20.2. The lowest BCUT2D eigenvalue weighted by molar-refractivity contribution is 0.0696. The Labute approximate surface area is 179 Å². The lowest BCUT2D eigenvalue weighted by atomic mass is 9.87. The summed E-state index contributed by atoms with van der Waals surface area (Å²) in [5, 5.41) is 12.5. The van der Waals surface area contributed by atoms with E-state index in [1.807, 2.05) is 29.0 Å². The Morgan fingerprint density at radius 2 is 1.93 bits per heavy atom. The van der Waals surface area contributed by atoms with Crippen molar-refractivity contribution >= 4 is 17.3 Å². The van der Waals surface area contributed by atoms with Gasteiger partial charge in [0.2, 0.25) is 0 Å². The fourth-order valence-electron chi connectivity index (χ4n) is 3.47. The van der Waals surface area contributed by atoms with Crippen molar-refractivity contribution in [3.63, 3.8) is 0 Å². The smallest absolute Gasteiger partial charge is 0.337 e. The largest absolute Gasteiger partial charge is 0.478 e. The summed E-state index contributed by atoms with van der Waals surface area (Å²) >= 11 is 1.56. The molecule has 0 fully saturated rings. The molecular formula is C24H24N2O3S. The topological polar surface area (TPSA) is 68.3 Å². The van der Waals surface area contributed by atoms with Crippen LogP contribution in [0.5, 0.6) is 0 Å². The fraction of sp³-hybridized carbons (Fsp3) is 0.250. The Kier molecular flexibility index (Phi) is 5.12. The van der Waals surface area contributed by atoms with Crippen LogP contribution in [0.4, 0.5) is 0 Å². The van der Waals surface area contributed by atoms with E-state index in [0.717, 1.165) is 27.7 Å². The molecule has 0 spiro atoms. The molecule has 0 aliphatic carbocycles. The molecule has 3 heterocycles. The van der Waals surface area contributed by atoms with Crippen LogP contribution in [0, 0.1) is 6.92 Å². The van der Waals surface area contributed by atoms with Gasteiger partial charge in [0, 0.05) is 16.6 Å². The maximum absolute atomic E-state index is 11.7. The van der Waals surface area contributed by atoms with Crippen LogP contribution < -0.4 is 0 Å². The zero-order chi connectivity index (χ0) is 21.5. The first-order valence-electron chi connectivity index (χ1n) is 9.76. The second kappa shape index (κ2) is 7.61. The van der Waals surface area contributed by atoms with E-state index in [1.165, 1.54) is 5.56 Å². The fourth-order valence-corrected chi connectivity index (χ4v) is 4.29. The lowest BCUT2D eigenvalue weighted by Gasteiger charge is -2.18. The van der Waals surface area contributed by atoms with Crippen LogP contribution in [-0.4, -0.2) is 20.6 Å². The highest BCUT2D eigenvalue weighted by Crippen LogP contribution is 2.33. The Bertz CT molecular complexity index is 1180. The standard InChI is InChI=1S/C24H24N2O3S/c1-15-19(23(27)28)12-21(26(15)13-18-6-5-11-29-18)20-14-30-22(25-20)16-7-9-17(10-8-16)24(2,3)4/h5-12,14H,13H2,1-4H3,(H,27,28). The summed E-state index contributed by atoms with van der Waals surface area (Å²) < 4.78 is 7.43. The van der Waals surface area contributed by atoms with E-state index in [2.05, 4.69) is 45.0 Å². The number of nitrogens with zero attached hydrogens (tertiary/aromatic N) is 2. The summed E-state index contributed by atoms with van der Waals surface area (Å²) in [5.74, 6) is -0.180. The third-order valence-electron chi connectivity index (χ3n) is 5.26. The lowest BCUT2D eigenvalue weighted by Crippen LogP contribution is -2.10. The number of rotatable bonds is 5. The molecule has 0 saturated carbocycles. The number of hydrogen-bond acceptors (Lipinski definition) is 4. The minimum Gasteiger partial charge on any atom is -0.478 e. The molecule has 0 bridgehead atoms. The van der Waals surface area contributed by atoms with Crippen LogP contribution >= 0.6 is 11.3 Å². The van der Waals surface area contributed by atoms with E-state index < -0.39 is 5.97 Å². The highest BCUT2D eigenvalue weighted by atomic mass is 32.1. The van der Waals surface area contributed by atoms with Crippen LogP contribution in [0.1, 0.15) is 48.1 Å². The van der Waals surface area contributed by atoms with Crippen LogP contribution in [0.15, 0.2) is 58.5 Å².